The normalized spacial score (nSPS) is 11.3. The Hall–Kier alpha value is -3.97. The smallest absolute Gasteiger partial charge is 0.229 e. The number of nitrogens with zero attached hydrogens (tertiary/aromatic N) is 3. The molecule has 0 aliphatic carbocycles. The van der Waals surface area contributed by atoms with Crippen molar-refractivity contribution in [2.24, 2.45) is 0 Å². The van der Waals surface area contributed by atoms with Crippen molar-refractivity contribution in [3.63, 3.8) is 0 Å². The standard InChI is InChI=1S/C23H16N6S/c1-2-6-17-14(4-1)5-3-7-19(17)26-23-27-20-10-11-30-21(20)22(28-23)25-16-8-9-18-15(12-16)13-24-29-18/h1-13H,(H,24,29)(H2,25,26,27,28). The molecule has 0 radical (unpaired) electrons. The quantitative estimate of drug-likeness (QED) is 0.323. The third kappa shape index (κ3) is 2.92. The van der Waals surface area contributed by atoms with Gasteiger partial charge in [0.2, 0.25) is 5.95 Å². The van der Waals surface area contributed by atoms with Crippen molar-refractivity contribution >= 4 is 66.4 Å². The molecule has 0 amide bonds. The van der Waals surface area contributed by atoms with Gasteiger partial charge in [0.1, 0.15) is 0 Å². The molecule has 3 aromatic heterocycles. The summed E-state index contributed by atoms with van der Waals surface area (Å²) in [6.45, 7) is 0. The zero-order valence-electron chi connectivity index (χ0n) is 15.8. The number of rotatable bonds is 4. The molecule has 6 rings (SSSR count). The van der Waals surface area contributed by atoms with Gasteiger partial charge in [0, 0.05) is 22.1 Å². The predicted molar refractivity (Wildman–Crippen MR) is 124 cm³/mol. The first-order chi connectivity index (χ1) is 14.8. The van der Waals surface area contributed by atoms with Crippen molar-refractivity contribution in [3.8, 4) is 0 Å². The topological polar surface area (TPSA) is 78.5 Å². The second kappa shape index (κ2) is 6.82. The van der Waals surface area contributed by atoms with Gasteiger partial charge in [-0.1, -0.05) is 36.4 Å². The molecule has 0 aliphatic heterocycles. The fourth-order valence-electron chi connectivity index (χ4n) is 3.62. The van der Waals surface area contributed by atoms with Crippen LogP contribution in [-0.4, -0.2) is 20.2 Å². The Morgan fingerprint density at radius 2 is 1.77 bits per heavy atom. The lowest BCUT2D eigenvalue weighted by Crippen LogP contribution is -2.01. The molecule has 0 aliphatic rings. The van der Waals surface area contributed by atoms with Crippen LogP contribution in [0.4, 0.5) is 23.1 Å². The van der Waals surface area contributed by atoms with Gasteiger partial charge >= 0.3 is 0 Å². The van der Waals surface area contributed by atoms with E-state index >= 15 is 0 Å². The molecule has 7 heteroatoms. The SMILES string of the molecule is c1ccc2c(Nc3nc(Nc4ccc5[nH]ncc5c4)c4sccc4n3)cccc2c1. The molecule has 3 N–H and O–H groups in total. The highest BCUT2D eigenvalue weighted by Crippen LogP contribution is 2.32. The summed E-state index contributed by atoms with van der Waals surface area (Å²) in [6.07, 6.45) is 1.81. The van der Waals surface area contributed by atoms with Gasteiger partial charge in [-0.05, 0) is 41.1 Å². The van der Waals surface area contributed by atoms with Crippen LogP contribution in [0.2, 0.25) is 0 Å². The maximum atomic E-state index is 4.79. The average Bonchev–Trinajstić information content (AvgIpc) is 3.43. The molecule has 3 heterocycles. The van der Waals surface area contributed by atoms with Gasteiger partial charge < -0.3 is 10.6 Å². The van der Waals surface area contributed by atoms with Crippen LogP contribution in [0, 0.1) is 0 Å². The van der Waals surface area contributed by atoms with Crippen LogP contribution >= 0.6 is 11.3 Å². The summed E-state index contributed by atoms with van der Waals surface area (Å²) in [6, 6.07) is 22.5. The summed E-state index contributed by atoms with van der Waals surface area (Å²) in [5.74, 6) is 1.34. The van der Waals surface area contributed by atoms with Crippen LogP contribution in [0.3, 0.4) is 0 Å². The summed E-state index contributed by atoms with van der Waals surface area (Å²) in [7, 11) is 0. The number of H-pyrrole nitrogens is 1. The van der Waals surface area contributed by atoms with E-state index in [1.165, 1.54) is 5.39 Å². The van der Waals surface area contributed by atoms with Crippen LogP contribution in [0.15, 0.2) is 78.3 Å². The molecule has 3 aromatic carbocycles. The molecular weight excluding hydrogens is 392 g/mol. The summed E-state index contributed by atoms with van der Waals surface area (Å²) in [4.78, 5) is 9.51. The van der Waals surface area contributed by atoms with E-state index in [2.05, 4.69) is 45.1 Å². The second-order valence-electron chi connectivity index (χ2n) is 6.98. The zero-order chi connectivity index (χ0) is 19.9. The molecule has 144 valence electrons. The van der Waals surface area contributed by atoms with E-state index < -0.39 is 0 Å². The van der Waals surface area contributed by atoms with Crippen LogP contribution < -0.4 is 10.6 Å². The Balaban J connectivity index is 1.41. The first-order valence-corrected chi connectivity index (χ1v) is 10.4. The van der Waals surface area contributed by atoms with Gasteiger partial charge in [-0.25, -0.2) is 4.98 Å². The minimum atomic E-state index is 0.559. The van der Waals surface area contributed by atoms with Crippen LogP contribution in [-0.2, 0) is 0 Å². The molecule has 6 nitrogen and oxygen atoms in total. The Labute approximate surface area is 175 Å². The van der Waals surface area contributed by atoms with Gasteiger partial charge in [0.15, 0.2) is 5.82 Å². The second-order valence-corrected chi connectivity index (χ2v) is 7.90. The maximum absolute atomic E-state index is 4.79. The average molecular weight is 408 g/mol. The molecule has 0 bridgehead atoms. The first-order valence-electron chi connectivity index (χ1n) is 9.54. The first kappa shape index (κ1) is 16.9. The molecule has 30 heavy (non-hydrogen) atoms. The van der Waals surface area contributed by atoms with Gasteiger partial charge in [0.25, 0.3) is 0 Å². The molecule has 6 aromatic rings. The van der Waals surface area contributed by atoms with Crippen molar-refractivity contribution in [3.05, 3.63) is 78.3 Å². The van der Waals surface area contributed by atoms with Crippen molar-refractivity contribution in [2.75, 3.05) is 10.6 Å². The van der Waals surface area contributed by atoms with Gasteiger partial charge in [-0.3, -0.25) is 5.10 Å². The number of nitrogens with one attached hydrogen (secondary N) is 3. The number of aromatic nitrogens is 4. The maximum Gasteiger partial charge on any atom is 0.229 e. The number of thiophene rings is 1. The minimum absolute atomic E-state index is 0.559. The lowest BCUT2D eigenvalue weighted by atomic mass is 10.1. The Bertz CT molecular complexity index is 1510. The van der Waals surface area contributed by atoms with Crippen LogP contribution in [0.1, 0.15) is 0 Å². The Morgan fingerprint density at radius 1 is 0.833 bits per heavy atom. The fourth-order valence-corrected chi connectivity index (χ4v) is 4.39. The number of hydrogen-bond acceptors (Lipinski definition) is 6. The third-order valence-corrected chi connectivity index (χ3v) is 5.95. The van der Waals surface area contributed by atoms with E-state index in [9.17, 15) is 0 Å². The van der Waals surface area contributed by atoms with Crippen molar-refractivity contribution < 1.29 is 0 Å². The van der Waals surface area contributed by atoms with Crippen LogP contribution in [0.25, 0.3) is 31.9 Å². The summed E-state index contributed by atoms with van der Waals surface area (Å²) in [5.41, 5.74) is 3.84. The zero-order valence-corrected chi connectivity index (χ0v) is 16.6. The lowest BCUT2D eigenvalue weighted by molar-refractivity contribution is 1.12. The summed E-state index contributed by atoms with van der Waals surface area (Å²) in [5, 5.41) is 19.3. The van der Waals surface area contributed by atoms with Gasteiger partial charge in [-0.15, -0.1) is 11.3 Å². The van der Waals surface area contributed by atoms with Gasteiger partial charge in [0.05, 0.1) is 21.9 Å². The van der Waals surface area contributed by atoms with Crippen LogP contribution in [0.5, 0.6) is 0 Å². The number of fused-ring (bicyclic) bond motifs is 3. The highest BCUT2D eigenvalue weighted by molar-refractivity contribution is 7.17. The molecule has 0 atom stereocenters. The lowest BCUT2D eigenvalue weighted by Gasteiger charge is -2.12. The fraction of sp³-hybridized carbons (Fsp3) is 0. The van der Waals surface area contributed by atoms with Crippen molar-refractivity contribution in [1.29, 1.82) is 0 Å². The summed E-state index contributed by atoms with van der Waals surface area (Å²) < 4.78 is 1.02. The van der Waals surface area contributed by atoms with Gasteiger partial charge in [-0.2, -0.15) is 10.1 Å². The molecule has 0 spiro atoms. The number of anilines is 4. The molecule has 0 fully saturated rings. The predicted octanol–water partition coefficient (Wildman–Crippen LogP) is 6.21. The Morgan fingerprint density at radius 3 is 2.77 bits per heavy atom. The largest absolute Gasteiger partial charge is 0.339 e. The number of benzene rings is 3. The minimum Gasteiger partial charge on any atom is -0.339 e. The monoisotopic (exact) mass is 408 g/mol. The van der Waals surface area contributed by atoms with E-state index in [4.69, 9.17) is 9.97 Å². The summed E-state index contributed by atoms with van der Waals surface area (Å²) >= 11 is 1.62. The van der Waals surface area contributed by atoms with E-state index in [1.807, 2.05) is 54.0 Å². The number of aromatic amines is 1. The van der Waals surface area contributed by atoms with E-state index in [0.717, 1.165) is 43.7 Å². The molecule has 0 saturated heterocycles. The Kier molecular flexibility index (Phi) is 3.85. The van der Waals surface area contributed by atoms with Crippen molar-refractivity contribution in [1.82, 2.24) is 20.2 Å². The third-order valence-electron chi connectivity index (χ3n) is 5.04. The van der Waals surface area contributed by atoms with Crippen molar-refractivity contribution in [2.45, 2.75) is 0 Å². The van der Waals surface area contributed by atoms with E-state index in [1.54, 1.807) is 11.3 Å². The number of hydrogen-bond donors (Lipinski definition) is 3. The van der Waals surface area contributed by atoms with E-state index in [-0.39, 0.29) is 0 Å². The highest BCUT2D eigenvalue weighted by atomic mass is 32.1. The molecule has 0 saturated carbocycles. The molecular formula is C23H16N6S. The van der Waals surface area contributed by atoms with E-state index in [0.29, 0.717) is 5.95 Å². The molecule has 0 unspecified atom stereocenters. The highest BCUT2D eigenvalue weighted by Gasteiger charge is 2.11.